The average molecular weight is 787 g/mol. The third-order valence-electron chi connectivity index (χ3n) is 13.6. The molecule has 59 heavy (non-hydrogen) atoms. The molecule has 0 radical (unpaired) electrons. The summed E-state index contributed by atoms with van der Waals surface area (Å²) in [6, 6.07) is 53.2. The molecule has 0 aliphatic heterocycles. The highest BCUT2D eigenvalue weighted by Gasteiger charge is 2.37. The SMILES string of the molecule is CC1(C)c2ccc(-c3c4sc5ccccc5c4cc4c3sc3ccccc34)cc2-c2ccc(-c3c4ccccc4c(C4=CC=CC5C=CC=CC45)c4ccccc34)cc21. The number of hydrogen-bond donors (Lipinski definition) is 0. The lowest BCUT2D eigenvalue weighted by Gasteiger charge is -2.29. The molecular formula is C57H38S2. The van der Waals surface area contributed by atoms with Gasteiger partial charge < -0.3 is 0 Å². The topological polar surface area (TPSA) is 0 Å². The van der Waals surface area contributed by atoms with E-state index < -0.39 is 0 Å². The first kappa shape index (κ1) is 33.6. The van der Waals surface area contributed by atoms with Gasteiger partial charge in [0, 0.05) is 63.2 Å². The van der Waals surface area contributed by atoms with Crippen LogP contribution in [0, 0.1) is 11.8 Å². The summed E-state index contributed by atoms with van der Waals surface area (Å²) in [5.74, 6) is 0.708. The molecule has 2 unspecified atom stereocenters. The summed E-state index contributed by atoms with van der Waals surface area (Å²) in [6.45, 7) is 4.84. The minimum absolute atomic E-state index is 0.156. The fourth-order valence-electron chi connectivity index (χ4n) is 10.9. The van der Waals surface area contributed by atoms with E-state index in [1.165, 1.54) is 118 Å². The number of benzene rings is 8. The van der Waals surface area contributed by atoms with Gasteiger partial charge in [0.1, 0.15) is 0 Å². The maximum atomic E-state index is 2.52. The lowest BCUT2D eigenvalue weighted by Crippen LogP contribution is -2.15. The van der Waals surface area contributed by atoms with Crippen LogP contribution in [0.5, 0.6) is 0 Å². The average Bonchev–Trinajstić information content (AvgIpc) is 3.91. The molecular weight excluding hydrogens is 749 g/mol. The van der Waals surface area contributed by atoms with Gasteiger partial charge in [0.2, 0.25) is 0 Å². The fraction of sp³-hybridized carbons (Fsp3) is 0.0877. The van der Waals surface area contributed by atoms with Crippen LogP contribution >= 0.6 is 22.7 Å². The van der Waals surface area contributed by atoms with Gasteiger partial charge in [-0.2, -0.15) is 0 Å². The molecule has 0 fully saturated rings. The highest BCUT2D eigenvalue weighted by molar-refractivity contribution is 7.29. The predicted octanol–water partition coefficient (Wildman–Crippen LogP) is 16.7. The van der Waals surface area contributed by atoms with E-state index in [0.29, 0.717) is 11.8 Å². The van der Waals surface area contributed by atoms with Crippen LogP contribution in [0.4, 0.5) is 0 Å². The number of thiophene rings is 2. The standard InChI is InChI=1S/C57H38S2/c1-57(2)48-29-27-34(53-55-46(38-17-9-11-24-50(38)58-55)32-47-39-18-10-12-25-51(39)59-56(47)53)30-45(48)37-28-26-35(31-49(37)57)52-41-19-5-7-21-43(41)54(44-22-8-6-20-42(44)52)40-23-13-15-33-14-3-4-16-36(33)40/h3-33,36H,1-2H3. The van der Waals surface area contributed by atoms with E-state index in [0.717, 1.165) is 0 Å². The summed E-state index contributed by atoms with van der Waals surface area (Å²) in [5, 5.41) is 10.7. The minimum Gasteiger partial charge on any atom is -0.134 e. The summed E-state index contributed by atoms with van der Waals surface area (Å²) in [6.07, 6.45) is 16.1. The lowest BCUT2D eigenvalue weighted by molar-refractivity contribution is 0.660. The molecule has 0 saturated heterocycles. The zero-order valence-corrected chi connectivity index (χ0v) is 34.4. The summed E-state index contributed by atoms with van der Waals surface area (Å²) in [5.41, 5.74) is 13.4. The van der Waals surface area contributed by atoms with E-state index in [9.17, 15) is 0 Å². The van der Waals surface area contributed by atoms with Crippen molar-refractivity contribution in [3.05, 3.63) is 199 Å². The van der Waals surface area contributed by atoms with Gasteiger partial charge in [-0.3, -0.25) is 0 Å². The summed E-state index contributed by atoms with van der Waals surface area (Å²) < 4.78 is 5.45. The third-order valence-corrected chi connectivity index (χ3v) is 16.0. The molecule has 2 heterocycles. The van der Waals surface area contributed by atoms with Crippen molar-refractivity contribution >= 4 is 90.1 Å². The van der Waals surface area contributed by atoms with Crippen LogP contribution in [0.2, 0.25) is 0 Å². The van der Waals surface area contributed by atoms with Crippen molar-refractivity contribution in [2.45, 2.75) is 19.3 Å². The van der Waals surface area contributed by atoms with E-state index in [1.54, 1.807) is 0 Å². The molecule has 8 aromatic carbocycles. The number of rotatable bonds is 3. The first-order chi connectivity index (χ1) is 29.0. The highest BCUT2D eigenvalue weighted by atomic mass is 32.1. The molecule has 3 aliphatic rings. The van der Waals surface area contributed by atoms with Crippen molar-refractivity contribution in [1.82, 2.24) is 0 Å². The van der Waals surface area contributed by atoms with Crippen molar-refractivity contribution in [1.29, 1.82) is 0 Å². The van der Waals surface area contributed by atoms with Crippen LogP contribution in [0.25, 0.3) is 101 Å². The Kier molecular flexibility index (Phi) is 7.04. The van der Waals surface area contributed by atoms with E-state index in [1.807, 2.05) is 22.7 Å². The Hall–Kier alpha value is -6.32. The smallest absolute Gasteiger partial charge is 0.0448 e. The Balaban J connectivity index is 1.01. The zero-order chi connectivity index (χ0) is 39.0. The van der Waals surface area contributed by atoms with Crippen molar-refractivity contribution in [3.8, 4) is 33.4 Å². The molecule has 10 aromatic rings. The zero-order valence-electron chi connectivity index (χ0n) is 32.8. The largest absolute Gasteiger partial charge is 0.134 e. The molecule has 0 bridgehead atoms. The van der Waals surface area contributed by atoms with Crippen molar-refractivity contribution in [2.24, 2.45) is 11.8 Å². The number of hydrogen-bond acceptors (Lipinski definition) is 2. The van der Waals surface area contributed by atoms with Crippen molar-refractivity contribution < 1.29 is 0 Å². The second kappa shape index (κ2) is 12.3. The number of allylic oxidation sites excluding steroid dienone is 8. The van der Waals surface area contributed by atoms with Crippen molar-refractivity contribution in [3.63, 3.8) is 0 Å². The molecule has 0 saturated carbocycles. The van der Waals surface area contributed by atoms with Gasteiger partial charge in [0.15, 0.2) is 0 Å². The van der Waals surface area contributed by atoms with Crippen LogP contribution < -0.4 is 0 Å². The van der Waals surface area contributed by atoms with Crippen LogP contribution in [-0.2, 0) is 5.41 Å². The maximum absolute atomic E-state index is 2.52. The van der Waals surface area contributed by atoms with Crippen LogP contribution in [0.1, 0.15) is 30.5 Å². The summed E-state index contributed by atoms with van der Waals surface area (Å²) in [4.78, 5) is 0. The number of fused-ring (bicyclic) bond motifs is 12. The summed E-state index contributed by atoms with van der Waals surface area (Å²) >= 11 is 3.87. The Morgan fingerprint density at radius 3 is 1.63 bits per heavy atom. The normalized spacial score (nSPS) is 17.7. The minimum atomic E-state index is -0.156. The molecule has 3 aliphatic carbocycles. The van der Waals surface area contributed by atoms with E-state index in [2.05, 4.69) is 196 Å². The van der Waals surface area contributed by atoms with Crippen LogP contribution in [0.15, 0.2) is 182 Å². The van der Waals surface area contributed by atoms with Crippen LogP contribution in [0.3, 0.4) is 0 Å². The molecule has 2 atom stereocenters. The van der Waals surface area contributed by atoms with Gasteiger partial charge in [0.25, 0.3) is 0 Å². The molecule has 2 heteroatoms. The molecule has 0 nitrogen and oxygen atoms in total. The third kappa shape index (κ3) is 4.70. The van der Waals surface area contributed by atoms with E-state index in [4.69, 9.17) is 0 Å². The fourth-order valence-corrected chi connectivity index (χ4v) is 13.5. The molecule has 13 rings (SSSR count). The van der Waals surface area contributed by atoms with Gasteiger partial charge in [-0.25, -0.2) is 0 Å². The summed E-state index contributed by atoms with van der Waals surface area (Å²) in [7, 11) is 0. The molecule has 278 valence electrons. The molecule has 2 aromatic heterocycles. The quantitative estimate of drug-likeness (QED) is 0.157. The van der Waals surface area contributed by atoms with Gasteiger partial charge in [-0.1, -0.05) is 166 Å². The second-order valence-corrected chi connectivity index (χ2v) is 19.2. The van der Waals surface area contributed by atoms with E-state index in [-0.39, 0.29) is 5.41 Å². The first-order valence-corrected chi connectivity index (χ1v) is 22.4. The van der Waals surface area contributed by atoms with E-state index >= 15 is 0 Å². The Morgan fingerprint density at radius 1 is 0.424 bits per heavy atom. The first-order valence-electron chi connectivity index (χ1n) is 20.8. The van der Waals surface area contributed by atoms with Gasteiger partial charge in [0.05, 0.1) is 0 Å². The maximum Gasteiger partial charge on any atom is 0.0448 e. The Morgan fingerprint density at radius 2 is 0.966 bits per heavy atom. The van der Waals surface area contributed by atoms with Crippen molar-refractivity contribution in [2.75, 3.05) is 0 Å². The monoisotopic (exact) mass is 786 g/mol. The Labute approximate surface area is 351 Å². The predicted molar refractivity (Wildman–Crippen MR) is 258 cm³/mol. The Bertz CT molecular complexity index is 3450. The molecule has 0 N–H and O–H groups in total. The second-order valence-electron chi connectivity index (χ2n) is 17.1. The van der Waals surface area contributed by atoms with Gasteiger partial charge >= 0.3 is 0 Å². The lowest BCUT2D eigenvalue weighted by atomic mass is 9.74. The van der Waals surface area contributed by atoms with Gasteiger partial charge in [-0.05, 0) is 102 Å². The highest BCUT2D eigenvalue weighted by Crippen LogP contribution is 2.55. The molecule has 0 amide bonds. The van der Waals surface area contributed by atoms with Gasteiger partial charge in [-0.15, -0.1) is 22.7 Å². The molecule has 0 spiro atoms. The van der Waals surface area contributed by atoms with Crippen LogP contribution in [-0.4, -0.2) is 0 Å².